The van der Waals surface area contributed by atoms with Crippen LogP contribution in [-0.2, 0) is 10.5 Å². The molecule has 0 aliphatic heterocycles. The molecule has 6 nitrogen and oxygen atoms in total. The lowest BCUT2D eigenvalue weighted by Crippen LogP contribution is -2.15. The zero-order chi connectivity index (χ0) is 20.5. The first-order valence-electron chi connectivity index (χ1n) is 8.84. The number of thioether (sulfide) groups is 1. The molecule has 0 atom stereocenters. The first-order valence-corrected chi connectivity index (χ1v) is 10.00. The molecule has 0 spiro atoms. The van der Waals surface area contributed by atoms with E-state index in [1.165, 1.54) is 18.7 Å². The first-order chi connectivity index (χ1) is 13.5. The molecule has 2 aromatic carbocycles. The predicted molar refractivity (Wildman–Crippen MR) is 112 cm³/mol. The van der Waals surface area contributed by atoms with Crippen molar-refractivity contribution < 1.29 is 23.8 Å². The largest absolute Gasteiger partial charge is 0.497 e. The molecule has 0 aromatic heterocycles. The Morgan fingerprint density at radius 1 is 1.04 bits per heavy atom. The molecule has 0 unspecified atom stereocenters. The van der Waals surface area contributed by atoms with Crippen LogP contribution in [-0.4, -0.2) is 38.3 Å². The molecule has 0 aliphatic carbocycles. The molecule has 0 heterocycles. The maximum Gasteiger partial charge on any atom is 0.234 e. The number of rotatable bonds is 10. The van der Waals surface area contributed by atoms with Gasteiger partial charge in [-0.1, -0.05) is 0 Å². The second kappa shape index (κ2) is 10.6. The van der Waals surface area contributed by atoms with Gasteiger partial charge in [-0.3, -0.25) is 9.59 Å². The zero-order valence-electron chi connectivity index (χ0n) is 16.5. The van der Waals surface area contributed by atoms with E-state index >= 15 is 0 Å². The molecule has 0 saturated heterocycles. The molecule has 2 aromatic rings. The molecule has 0 aliphatic rings. The number of benzene rings is 2. The highest BCUT2D eigenvalue weighted by Crippen LogP contribution is 2.29. The Morgan fingerprint density at radius 3 is 2.43 bits per heavy atom. The third-order valence-corrected chi connectivity index (χ3v) is 4.92. The molecule has 150 valence electrons. The summed E-state index contributed by atoms with van der Waals surface area (Å²) in [6, 6.07) is 10.6. The number of ether oxygens (including phenoxy) is 3. The SMILES string of the molecule is CCOc1ccc(C(C)=O)cc1CSCC(=O)Nc1cc(OC)ccc1OC. The van der Waals surface area contributed by atoms with E-state index in [1.807, 2.05) is 13.0 Å². The average Bonchev–Trinajstić information content (AvgIpc) is 2.69. The zero-order valence-corrected chi connectivity index (χ0v) is 17.4. The lowest BCUT2D eigenvalue weighted by atomic mass is 10.1. The Morgan fingerprint density at radius 2 is 1.79 bits per heavy atom. The number of amides is 1. The van der Waals surface area contributed by atoms with Gasteiger partial charge < -0.3 is 19.5 Å². The van der Waals surface area contributed by atoms with Crippen molar-refractivity contribution in [3.05, 3.63) is 47.5 Å². The van der Waals surface area contributed by atoms with Gasteiger partial charge >= 0.3 is 0 Å². The van der Waals surface area contributed by atoms with E-state index in [0.717, 1.165) is 11.3 Å². The topological polar surface area (TPSA) is 73.9 Å². The molecule has 1 amide bonds. The second-order valence-corrected chi connectivity index (χ2v) is 6.90. The van der Waals surface area contributed by atoms with Crippen molar-refractivity contribution in [2.45, 2.75) is 19.6 Å². The predicted octanol–water partition coefficient (Wildman–Crippen LogP) is 4.18. The Bertz CT molecular complexity index is 838. The van der Waals surface area contributed by atoms with Gasteiger partial charge in [0.15, 0.2) is 5.78 Å². The molecule has 28 heavy (non-hydrogen) atoms. The van der Waals surface area contributed by atoms with Gasteiger partial charge in [-0.05, 0) is 44.2 Å². The Labute approximate surface area is 169 Å². The maximum absolute atomic E-state index is 12.3. The van der Waals surface area contributed by atoms with E-state index in [4.69, 9.17) is 14.2 Å². The molecule has 0 bridgehead atoms. The third-order valence-electron chi connectivity index (χ3n) is 3.94. The van der Waals surface area contributed by atoms with Gasteiger partial charge in [0.25, 0.3) is 0 Å². The summed E-state index contributed by atoms with van der Waals surface area (Å²) in [6.45, 7) is 3.97. The summed E-state index contributed by atoms with van der Waals surface area (Å²) < 4.78 is 16.1. The standard InChI is InChI=1S/C21H25NO5S/c1-5-27-19-8-6-15(14(2)23)10-16(19)12-28-13-21(24)22-18-11-17(25-3)7-9-20(18)26-4/h6-11H,5,12-13H2,1-4H3,(H,22,24). The van der Waals surface area contributed by atoms with Gasteiger partial charge in [-0.2, -0.15) is 0 Å². The van der Waals surface area contributed by atoms with Crippen molar-refractivity contribution in [2.75, 3.05) is 31.9 Å². The first kappa shape index (κ1) is 21.6. The van der Waals surface area contributed by atoms with E-state index in [0.29, 0.717) is 35.1 Å². The van der Waals surface area contributed by atoms with Crippen molar-refractivity contribution in [2.24, 2.45) is 0 Å². The van der Waals surface area contributed by atoms with Crippen LogP contribution >= 0.6 is 11.8 Å². The van der Waals surface area contributed by atoms with Gasteiger partial charge in [-0.25, -0.2) is 0 Å². The van der Waals surface area contributed by atoms with Crippen molar-refractivity contribution >= 4 is 29.1 Å². The average molecular weight is 404 g/mol. The van der Waals surface area contributed by atoms with Crippen molar-refractivity contribution in [1.29, 1.82) is 0 Å². The van der Waals surface area contributed by atoms with Gasteiger partial charge in [0.05, 0.1) is 32.3 Å². The van der Waals surface area contributed by atoms with Crippen LogP contribution in [0.1, 0.15) is 29.8 Å². The van der Waals surface area contributed by atoms with Crippen LogP contribution in [0.3, 0.4) is 0 Å². The summed E-state index contributed by atoms with van der Waals surface area (Å²) in [5, 5.41) is 2.84. The molecule has 1 N–H and O–H groups in total. The normalized spacial score (nSPS) is 10.3. The number of hydrogen-bond acceptors (Lipinski definition) is 6. The van der Waals surface area contributed by atoms with Gasteiger partial charge in [-0.15, -0.1) is 11.8 Å². The number of carbonyl (C=O) groups excluding carboxylic acids is 2. The summed E-state index contributed by atoms with van der Waals surface area (Å²) >= 11 is 1.44. The number of nitrogens with one attached hydrogen (secondary N) is 1. The van der Waals surface area contributed by atoms with Crippen molar-refractivity contribution in [3.63, 3.8) is 0 Å². The number of methoxy groups -OCH3 is 2. The Hall–Kier alpha value is -2.67. The van der Waals surface area contributed by atoms with Crippen molar-refractivity contribution in [1.82, 2.24) is 0 Å². The van der Waals surface area contributed by atoms with Gasteiger partial charge in [0.1, 0.15) is 17.2 Å². The molecule has 0 saturated carbocycles. The summed E-state index contributed by atoms with van der Waals surface area (Å²) in [4.78, 5) is 24.0. The summed E-state index contributed by atoms with van der Waals surface area (Å²) in [7, 11) is 3.11. The third kappa shape index (κ3) is 5.92. The van der Waals surface area contributed by atoms with E-state index < -0.39 is 0 Å². The second-order valence-electron chi connectivity index (χ2n) is 5.92. The van der Waals surface area contributed by atoms with Crippen molar-refractivity contribution in [3.8, 4) is 17.2 Å². The maximum atomic E-state index is 12.3. The molecular weight excluding hydrogens is 378 g/mol. The number of hydrogen-bond donors (Lipinski definition) is 1. The highest BCUT2D eigenvalue weighted by Gasteiger charge is 2.12. The number of Topliss-reactive ketones (excluding diaryl/α,β-unsaturated/α-hetero) is 1. The number of carbonyl (C=O) groups is 2. The minimum atomic E-state index is -0.155. The molecule has 2 rings (SSSR count). The molecule has 0 fully saturated rings. The summed E-state index contributed by atoms with van der Waals surface area (Å²) in [5.41, 5.74) is 2.08. The van der Waals surface area contributed by atoms with Gasteiger partial charge in [0.2, 0.25) is 5.91 Å². The lowest BCUT2D eigenvalue weighted by Gasteiger charge is -2.13. The Balaban J connectivity index is 2.00. The number of ketones is 1. The summed E-state index contributed by atoms with van der Waals surface area (Å²) in [6.07, 6.45) is 0. The Kier molecular flexibility index (Phi) is 8.19. The quantitative estimate of drug-likeness (QED) is 0.600. The molecule has 0 radical (unpaired) electrons. The van der Waals surface area contributed by atoms with E-state index in [1.54, 1.807) is 44.6 Å². The van der Waals surface area contributed by atoms with E-state index in [9.17, 15) is 9.59 Å². The van der Waals surface area contributed by atoms with Gasteiger partial charge in [0, 0.05) is 22.9 Å². The van der Waals surface area contributed by atoms with Crippen LogP contribution in [0.25, 0.3) is 0 Å². The van der Waals surface area contributed by atoms with Crippen LogP contribution < -0.4 is 19.5 Å². The van der Waals surface area contributed by atoms with E-state index in [2.05, 4.69) is 5.32 Å². The van der Waals surface area contributed by atoms with Crippen LogP contribution in [0.5, 0.6) is 17.2 Å². The fraction of sp³-hybridized carbons (Fsp3) is 0.333. The molecule has 7 heteroatoms. The fourth-order valence-electron chi connectivity index (χ4n) is 2.56. The summed E-state index contributed by atoms with van der Waals surface area (Å²) in [5.74, 6) is 2.57. The highest BCUT2D eigenvalue weighted by molar-refractivity contribution is 7.99. The van der Waals surface area contributed by atoms with Crippen LogP contribution in [0.2, 0.25) is 0 Å². The fourth-order valence-corrected chi connectivity index (χ4v) is 3.36. The van der Waals surface area contributed by atoms with Crippen LogP contribution in [0.15, 0.2) is 36.4 Å². The monoisotopic (exact) mass is 403 g/mol. The van der Waals surface area contributed by atoms with Crippen LogP contribution in [0, 0.1) is 0 Å². The van der Waals surface area contributed by atoms with E-state index in [-0.39, 0.29) is 17.4 Å². The minimum Gasteiger partial charge on any atom is -0.497 e. The number of anilines is 1. The highest BCUT2D eigenvalue weighted by atomic mass is 32.2. The lowest BCUT2D eigenvalue weighted by molar-refractivity contribution is -0.113. The molecular formula is C21H25NO5S. The smallest absolute Gasteiger partial charge is 0.234 e. The van der Waals surface area contributed by atoms with Crippen LogP contribution in [0.4, 0.5) is 5.69 Å². The minimum absolute atomic E-state index is 0.00263.